The molecule has 4 rings (SSSR count). The molecule has 2 heterocycles. The predicted molar refractivity (Wildman–Crippen MR) is 70.8 cm³/mol. The van der Waals surface area contributed by atoms with Crippen LogP contribution in [0.5, 0.6) is 5.75 Å². The Morgan fingerprint density at radius 3 is 2.72 bits per heavy atom. The Labute approximate surface area is 104 Å². The molecule has 3 heteroatoms. The van der Waals surface area contributed by atoms with Gasteiger partial charge in [0.25, 0.3) is 0 Å². The van der Waals surface area contributed by atoms with Crippen molar-refractivity contribution in [2.24, 2.45) is 0 Å². The zero-order valence-electron chi connectivity index (χ0n) is 10.1. The Hall–Kier alpha value is -2.00. The summed E-state index contributed by atoms with van der Waals surface area (Å²) in [5.74, 6) is 0.442. The average Bonchev–Trinajstić information content (AvgIpc) is 2.97. The van der Waals surface area contributed by atoms with Crippen molar-refractivity contribution in [1.29, 1.82) is 0 Å². The minimum absolute atomic E-state index is 0.438. The fourth-order valence-electron chi connectivity index (χ4n) is 2.35. The Bertz CT molecular complexity index is 740. The number of fused-ring (bicyclic) bond motifs is 3. The van der Waals surface area contributed by atoms with Gasteiger partial charge in [-0.1, -0.05) is 24.3 Å². The first kappa shape index (κ1) is 9.97. The standard InChI is InChI=1S/C15H13NO2/c1-15(9-17-15)18-13-8-4-7-12-14(13)10-5-2-3-6-11(10)16-12/h2-8,16H,9H2,1H3/t15-/m0/s1. The largest absolute Gasteiger partial charge is 0.459 e. The summed E-state index contributed by atoms with van der Waals surface area (Å²) in [5, 5.41) is 2.32. The van der Waals surface area contributed by atoms with Crippen LogP contribution in [0.3, 0.4) is 0 Å². The summed E-state index contributed by atoms with van der Waals surface area (Å²) in [4.78, 5) is 3.40. The van der Waals surface area contributed by atoms with Crippen molar-refractivity contribution in [3.8, 4) is 5.75 Å². The monoisotopic (exact) mass is 239 g/mol. The molecule has 0 saturated carbocycles. The first-order valence-corrected chi connectivity index (χ1v) is 6.08. The van der Waals surface area contributed by atoms with E-state index >= 15 is 0 Å². The van der Waals surface area contributed by atoms with Crippen LogP contribution >= 0.6 is 0 Å². The SMILES string of the molecule is C[C@]1(Oc2cccc3[nH]c4ccccc4c23)CO1. The number of aromatic amines is 1. The lowest BCUT2D eigenvalue weighted by molar-refractivity contribution is 0.0820. The second-order valence-electron chi connectivity index (χ2n) is 4.87. The predicted octanol–water partition coefficient (Wildman–Crippen LogP) is 3.45. The first-order chi connectivity index (χ1) is 8.75. The number of para-hydroxylation sites is 1. The van der Waals surface area contributed by atoms with E-state index in [-0.39, 0.29) is 0 Å². The molecule has 0 spiro atoms. The van der Waals surface area contributed by atoms with E-state index in [0.717, 1.165) is 22.2 Å². The van der Waals surface area contributed by atoms with Crippen LogP contribution < -0.4 is 4.74 Å². The average molecular weight is 239 g/mol. The molecule has 3 nitrogen and oxygen atoms in total. The zero-order valence-corrected chi connectivity index (χ0v) is 10.1. The van der Waals surface area contributed by atoms with Gasteiger partial charge in [-0.05, 0) is 18.2 Å². The number of aromatic nitrogens is 1. The van der Waals surface area contributed by atoms with Gasteiger partial charge in [0.2, 0.25) is 5.79 Å². The van der Waals surface area contributed by atoms with Gasteiger partial charge in [0.1, 0.15) is 12.4 Å². The van der Waals surface area contributed by atoms with Crippen LogP contribution in [0.15, 0.2) is 42.5 Å². The molecule has 0 radical (unpaired) electrons. The highest BCUT2D eigenvalue weighted by molar-refractivity contribution is 6.10. The molecule has 0 aliphatic carbocycles. The number of H-pyrrole nitrogens is 1. The highest BCUT2D eigenvalue weighted by atomic mass is 16.8. The minimum Gasteiger partial charge on any atom is -0.459 e. The highest BCUT2D eigenvalue weighted by Gasteiger charge is 2.42. The van der Waals surface area contributed by atoms with Crippen molar-refractivity contribution >= 4 is 21.8 Å². The van der Waals surface area contributed by atoms with E-state index in [2.05, 4.69) is 23.2 Å². The van der Waals surface area contributed by atoms with Gasteiger partial charge in [0.15, 0.2) is 0 Å². The maximum absolute atomic E-state index is 5.95. The van der Waals surface area contributed by atoms with E-state index in [1.54, 1.807) is 0 Å². The molecule has 1 atom stereocenters. The Balaban J connectivity index is 2.01. The number of nitrogens with one attached hydrogen (secondary N) is 1. The molecule has 90 valence electrons. The Morgan fingerprint density at radius 2 is 1.89 bits per heavy atom. The van der Waals surface area contributed by atoms with E-state index in [4.69, 9.17) is 9.47 Å². The summed E-state index contributed by atoms with van der Waals surface area (Å²) in [5.41, 5.74) is 2.23. The maximum Gasteiger partial charge on any atom is 0.231 e. The third-order valence-electron chi connectivity index (χ3n) is 3.37. The van der Waals surface area contributed by atoms with Crippen LogP contribution in [0, 0.1) is 0 Å². The molecule has 1 aliphatic rings. The number of hydrogen-bond acceptors (Lipinski definition) is 2. The number of epoxide rings is 1. The third kappa shape index (κ3) is 1.41. The molecule has 1 fully saturated rings. The van der Waals surface area contributed by atoms with Crippen molar-refractivity contribution in [2.75, 3.05) is 6.61 Å². The van der Waals surface area contributed by atoms with E-state index in [9.17, 15) is 0 Å². The lowest BCUT2D eigenvalue weighted by Gasteiger charge is -2.10. The summed E-state index contributed by atoms with van der Waals surface area (Å²) in [6.45, 7) is 2.62. The number of rotatable bonds is 2. The normalized spacial score (nSPS) is 22.5. The highest BCUT2D eigenvalue weighted by Crippen LogP contribution is 2.37. The van der Waals surface area contributed by atoms with Gasteiger partial charge in [-0.25, -0.2) is 0 Å². The van der Waals surface area contributed by atoms with E-state index < -0.39 is 5.79 Å². The van der Waals surface area contributed by atoms with E-state index in [1.165, 1.54) is 5.39 Å². The van der Waals surface area contributed by atoms with Crippen molar-refractivity contribution < 1.29 is 9.47 Å². The van der Waals surface area contributed by atoms with Crippen LogP contribution in [0.1, 0.15) is 6.92 Å². The van der Waals surface area contributed by atoms with E-state index in [1.807, 2.05) is 31.2 Å². The number of hydrogen-bond donors (Lipinski definition) is 1. The van der Waals surface area contributed by atoms with Gasteiger partial charge in [-0.3, -0.25) is 0 Å². The van der Waals surface area contributed by atoms with Crippen molar-refractivity contribution in [3.63, 3.8) is 0 Å². The second kappa shape index (κ2) is 3.27. The smallest absolute Gasteiger partial charge is 0.231 e. The van der Waals surface area contributed by atoms with E-state index in [0.29, 0.717) is 6.61 Å². The third-order valence-corrected chi connectivity index (χ3v) is 3.37. The summed E-state index contributed by atoms with van der Waals surface area (Å²) in [6.07, 6.45) is 0. The van der Waals surface area contributed by atoms with Gasteiger partial charge >= 0.3 is 0 Å². The number of ether oxygens (including phenoxy) is 2. The lowest BCUT2D eigenvalue weighted by Crippen LogP contribution is -2.14. The first-order valence-electron chi connectivity index (χ1n) is 6.08. The summed E-state index contributed by atoms with van der Waals surface area (Å²) in [6, 6.07) is 14.3. The molecule has 1 aliphatic heterocycles. The maximum atomic E-state index is 5.95. The molecule has 1 saturated heterocycles. The van der Waals surface area contributed by atoms with Crippen molar-refractivity contribution in [3.05, 3.63) is 42.5 Å². The van der Waals surface area contributed by atoms with Gasteiger partial charge in [-0.15, -0.1) is 0 Å². The van der Waals surface area contributed by atoms with Gasteiger partial charge in [0.05, 0.1) is 5.52 Å². The topological polar surface area (TPSA) is 37.5 Å². The quantitative estimate of drug-likeness (QED) is 0.695. The summed E-state index contributed by atoms with van der Waals surface area (Å²) in [7, 11) is 0. The lowest BCUT2D eigenvalue weighted by atomic mass is 10.1. The zero-order chi connectivity index (χ0) is 12.2. The van der Waals surface area contributed by atoms with Crippen LogP contribution in [0.4, 0.5) is 0 Å². The molecule has 1 aromatic heterocycles. The summed E-state index contributed by atoms with van der Waals surface area (Å²) < 4.78 is 11.3. The molecule has 1 N–H and O–H groups in total. The summed E-state index contributed by atoms with van der Waals surface area (Å²) >= 11 is 0. The van der Waals surface area contributed by atoms with Crippen LogP contribution in [0.25, 0.3) is 21.8 Å². The second-order valence-corrected chi connectivity index (χ2v) is 4.87. The van der Waals surface area contributed by atoms with Gasteiger partial charge in [-0.2, -0.15) is 0 Å². The van der Waals surface area contributed by atoms with Gasteiger partial charge in [0, 0.05) is 23.2 Å². The number of benzene rings is 2. The van der Waals surface area contributed by atoms with Crippen LogP contribution in [0.2, 0.25) is 0 Å². The molecule has 2 aromatic carbocycles. The molecule has 18 heavy (non-hydrogen) atoms. The molecular formula is C15H13NO2. The van der Waals surface area contributed by atoms with Gasteiger partial charge < -0.3 is 14.5 Å². The van der Waals surface area contributed by atoms with Crippen LogP contribution in [-0.4, -0.2) is 17.4 Å². The molecule has 0 unspecified atom stereocenters. The fourth-order valence-corrected chi connectivity index (χ4v) is 2.35. The minimum atomic E-state index is -0.438. The van der Waals surface area contributed by atoms with Crippen LogP contribution in [-0.2, 0) is 4.74 Å². The molecule has 0 bridgehead atoms. The van der Waals surface area contributed by atoms with Crippen molar-refractivity contribution in [2.45, 2.75) is 12.7 Å². The Morgan fingerprint density at radius 1 is 1.11 bits per heavy atom. The Kier molecular flexibility index (Phi) is 1.81. The molecule has 3 aromatic rings. The van der Waals surface area contributed by atoms with Crippen molar-refractivity contribution in [1.82, 2.24) is 4.98 Å². The molecule has 0 amide bonds. The fraction of sp³-hybridized carbons (Fsp3) is 0.200. The molecular weight excluding hydrogens is 226 g/mol.